The molecule has 0 aliphatic rings. The number of aromatic carboxylic acids is 1. The maximum atomic E-state index is 12.4. The van der Waals surface area contributed by atoms with E-state index in [1.807, 2.05) is 0 Å². The molecule has 15 heavy (non-hydrogen) atoms. The standard InChI is InChI=1S/C8H3BrF2N2O2/c9-6-3(7(10)11)2-13-4(1-12)5(6)8(14)15/h2,7H,(H,14,15). The molecule has 0 saturated heterocycles. The van der Waals surface area contributed by atoms with E-state index in [0.717, 1.165) is 6.20 Å². The highest BCUT2D eigenvalue weighted by atomic mass is 79.9. The van der Waals surface area contributed by atoms with Gasteiger partial charge in [-0.2, -0.15) is 5.26 Å². The summed E-state index contributed by atoms with van der Waals surface area (Å²) >= 11 is 2.72. The molecule has 1 rings (SSSR count). The van der Waals surface area contributed by atoms with Crippen molar-refractivity contribution < 1.29 is 18.7 Å². The van der Waals surface area contributed by atoms with Crippen molar-refractivity contribution in [3.63, 3.8) is 0 Å². The van der Waals surface area contributed by atoms with Gasteiger partial charge in [0.25, 0.3) is 6.43 Å². The van der Waals surface area contributed by atoms with Crippen LogP contribution < -0.4 is 0 Å². The quantitative estimate of drug-likeness (QED) is 0.900. The fraction of sp³-hybridized carbons (Fsp3) is 0.125. The fourth-order valence-electron chi connectivity index (χ4n) is 0.936. The van der Waals surface area contributed by atoms with Crippen LogP contribution >= 0.6 is 15.9 Å². The van der Waals surface area contributed by atoms with Crippen LogP contribution in [0.15, 0.2) is 10.7 Å². The van der Waals surface area contributed by atoms with E-state index in [1.165, 1.54) is 6.07 Å². The third kappa shape index (κ3) is 2.10. The molecule has 1 heterocycles. The zero-order valence-electron chi connectivity index (χ0n) is 7.04. The summed E-state index contributed by atoms with van der Waals surface area (Å²) in [4.78, 5) is 14.1. The van der Waals surface area contributed by atoms with E-state index in [-0.39, 0.29) is 4.47 Å². The zero-order chi connectivity index (χ0) is 11.6. The summed E-state index contributed by atoms with van der Waals surface area (Å²) in [7, 11) is 0. The van der Waals surface area contributed by atoms with Gasteiger partial charge in [0, 0.05) is 10.7 Å². The second kappa shape index (κ2) is 4.31. The molecule has 0 fully saturated rings. The van der Waals surface area contributed by atoms with Crippen LogP contribution in [0.5, 0.6) is 0 Å². The van der Waals surface area contributed by atoms with Gasteiger partial charge >= 0.3 is 5.97 Å². The van der Waals surface area contributed by atoms with E-state index in [4.69, 9.17) is 10.4 Å². The number of nitriles is 1. The maximum Gasteiger partial charge on any atom is 0.339 e. The molecule has 0 saturated carbocycles. The molecule has 1 aromatic rings. The predicted octanol–water partition coefficient (Wildman–Crippen LogP) is 2.35. The van der Waals surface area contributed by atoms with Crippen LogP contribution in [0.2, 0.25) is 0 Å². The number of rotatable bonds is 2. The van der Waals surface area contributed by atoms with Crippen molar-refractivity contribution in [3.8, 4) is 6.07 Å². The molecule has 7 heteroatoms. The minimum atomic E-state index is -2.85. The van der Waals surface area contributed by atoms with E-state index in [0.29, 0.717) is 0 Å². The molecular formula is C8H3BrF2N2O2. The van der Waals surface area contributed by atoms with Gasteiger partial charge in [-0.25, -0.2) is 18.6 Å². The van der Waals surface area contributed by atoms with Crippen LogP contribution in [-0.4, -0.2) is 16.1 Å². The second-order valence-corrected chi connectivity index (χ2v) is 3.26. The number of pyridine rings is 1. The van der Waals surface area contributed by atoms with Crippen LogP contribution in [0.1, 0.15) is 28.0 Å². The number of carbonyl (C=O) groups is 1. The molecule has 0 unspecified atom stereocenters. The van der Waals surface area contributed by atoms with Gasteiger partial charge in [-0.05, 0) is 15.9 Å². The summed E-state index contributed by atoms with van der Waals surface area (Å²) < 4.78 is 24.4. The molecule has 0 atom stereocenters. The molecule has 1 N–H and O–H groups in total. The lowest BCUT2D eigenvalue weighted by atomic mass is 10.1. The largest absolute Gasteiger partial charge is 0.478 e. The lowest BCUT2D eigenvalue weighted by molar-refractivity contribution is 0.0694. The minimum Gasteiger partial charge on any atom is -0.478 e. The molecule has 0 bridgehead atoms. The summed E-state index contributed by atoms with van der Waals surface area (Å²) in [5.74, 6) is -1.48. The van der Waals surface area contributed by atoms with Crippen molar-refractivity contribution in [2.45, 2.75) is 6.43 Å². The Labute approximate surface area is 91.3 Å². The Bertz CT molecular complexity index is 457. The number of alkyl halides is 2. The molecule has 0 radical (unpaired) electrons. The first-order valence-corrected chi connectivity index (χ1v) is 4.38. The first kappa shape index (κ1) is 11.5. The fourth-order valence-corrected chi connectivity index (χ4v) is 1.57. The molecule has 0 amide bonds. The van der Waals surface area contributed by atoms with Crippen molar-refractivity contribution in [2.75, 3.05) is 0 Å². The molecule has 0 spiro atoms. The Morgan fingerprint density at radius 1 is 1.67 bits per heavy atom. The van der Waals surface area contributed by atoms with Crippen molar-refractivity contribution in [2.24, 2.45) is 0 Å². The van der Waals surface area contributed by atoms with Crippen molar-refractivity contribution in [1.82, 2.24) is 4.98 Å². The van der Waals surface area contributed by atoms with Gasteiger partial charge in [0.2, 0.25) is 0 Å². The Hall–Kier alpha value is -1.55. The molecule has 0 aliphatic carbocycles. The normalized spacial score (nSPS) is 10.1. The molecule has 0 aromatic carbocycles. The van der Waals surface area contributed by atoms with Gasteiger partial charge in [0.15, 0.2) is 5.69 Å². The number of hydrogen-bond acceptors (Lipinski definition) is 3. The van der Waals surface area contributed by atoms with Crippen LogP contribution in [0.4, 0.5) is 8.78 Å². The Morgan fingerprint density at radius 3 is 2.67 bits per heavy atom. The molecule has 1 aromatic heterocycles. The summed E-state index contributed by atoms with van der Waals surface area (Å²) in [5, 5.41) is 17.3. The smallest absolute Gasteiger partial charge is 0.339 e. The van der Waals surface area contributed by atoms with Crippen LogP contribution in [-0.2, 0) is 0 Å². The van der Waals surface area contributed by atoms with E-state index >= 15 is 0 Å². The molecule has 4 nitrogen and oxygen atoms in total. The van der Waals surface area contributed by atoms with Gasteiger partial charge < -0.3 is 5.11 Å². The Kier molecular flexibility index (Phi) is 3.31. The van der Waals surface area contributed by atoms with Gasteiger partial charge in [-0.3, -0.25) is 0 Å². The summed E-state index contributed by atoms with van der Waals surface area (Å²) in [5.41, 5.74) is -1.50. The summed E-state index contributed by atoms with van der Waals surface area (Å²) in [6.45, 7) is 0. The first-order valence-electron chi connectivity index (χ1n) is 3.59. The van der Waals surface area contributed by atoms with E-state index in [9.17, 15) is 13.6 Å². The third-order valence-electron chi connectivity index (χ3n) is 1.60. The monoisotopic (exact) mass is 276 g/mol. The maximum absolute atomic E-state index is 12.4. The lowest BCUT2D eigenvalue weighted by Crippen LogP contribution is -2.06. The van der Waals surface area contributed by atoms with Crippen LogP contribution in [0.3, 0.4) is 0 Å². The number of aromatic nitrogens is 1. The topological polar surface area (TPSA) is 74.0 Å². The SMILES string of the molecule is N#Cc1ncc(C(F)F)c(Br)c1C(=O)O. The predicted molar refractivity (Wildman–Crippen MR) is 48.6 cm³/mol. The Morgan fingerprint density at radius 2 is 2.27 bits per heavy atom. The molecule has 0 aliphatic heterocycles. The summed E-state index contributed by atoms with van der Waals surface area (Å²) in [6.07, 6.45) is -2.07. The third-order valence-corrected chi connectivity index (χ3v) is 2.45. The number of nitrogens with zero attached hydrogens (tertiary/aromatic N) is 2. The van der Waals surface area contributed by atoms with Crippen LogP contribution in [0, 0.1) is 11.3 Å². The number of carboxylic acid groups (broad SMARTS) is 1. The van der Waals surface area contributed by atoms with E-state index in [2.05, 4.69) is 20.9 Å². The van der Waals surface area contributed by atoms with Crippen molar-refractivity contribution in [1.29, 1.82) is 5.26 Å². The first-order chi connectivity index (χ1) is 6.99. The molecular weight excluding hydrogens is 274 g/mol. The van der Waals surface area contributed by atoms with Crippen molar-refractivity contribution in [3.05, 3.63) is 27.5 Å². The number of hydrogen-bond donors (Lipinski definition) is 1. The highest BCUT2D eigenvalue weighted by Gasteiger charge is 2.22. The lowest BCUT2D eigenvalue weighted by Gasteiger charge is -2.06. The van der Waals surface area contributed by atoms with Gasteiger partial charge in [-0.1, -0.05) is 0 Å². The van der Waals surface area contributed by atoms with Gasteiger partial charge in [-0.15, -0.1) is 0 Å². The summed E-state index contributed by atoms with van der Waals surface area (Å²) in [6, 6.07) is 1.52. The average molecular weight is 277 g/mol. The second-order valence-electron chi connectivity index (χ2n) is 2.47. The van der Waals surface area contributed by atoms with E-state index in [1.54, 1.807) is 0 Å². The van der Waals surface area contributed by atoms with Gasteiger partial charge in [0.1, 0.15) is 11.6 Å². The molecule has 78 valence electrons. The van der Waals surface area contributed by atoms with Crippen molar-refractivity contribution >= 4 is 21.9 Å². The van der Waals surface area contributed by atoms with Crippen LogP contribution in [0.25, 0.3) is 0 Å². The number of halogens is 3. The zero-order valence-corrected chi connectivity index (χ0v) is 8.62. The minimum absolute atomic E-state index is 0.309. The van der Waals surface area contributed by atoms with E-state index < -0.39 is 29.2 Å². The Balaban J connectivity index is 3.51. The highest BCUT2D eigenvalue weighted by Crippen LogP contribution is 2.30. The number of carboxylic acids is 1. The van der Waals surface area contributed by atoms with Gasteiger partial charge in [0.05, 0.1) is 5.56 Å². The highest BCUT2D eigenvalue weighted by molar-refractivity contribution is 9.10. The average Bonchev–Trinajstić information content (AvgIpc) is 2.15.